The summed E-state index contributed by atoms with van der Waals surface area (Å²) in [4.78, 5) is 25.6. The number of rotatable bonds is 4. The van der Waals surface area contributed by atoms with Crippen molar-refractivity contribution in [3.63, 3.8) is 0 Å². The van der Waals surface area contributed by atoms with E-state index in [2.05, 4.69) is 9.73 Å². The summed E-state index contributed by atoms with van der Waals surface area (Å²) in [5.74, 6) is -1.10. The number of allylic oxidation sites excluding steroid dienone is 1. The number of esters is 1. The van der Waals surface area contributed by atoms with E-state index in [4.69, 9.17) is 9.47 Å². The van der Waals surface area contributed by atoms with Crippen molar-refractivity contribution in [2.75, 3.05) is 26.9 Å². The maximum absolute atomic E-state index is 10.9. The first-order valence-corrected chi connectivity index (χ1v) is 5.50. The maximum atomic E-state index is 10.9. The first kappa shape index (κ1) is 14.5. The summed E-state index contributed by atoms with van der Waals surface area (Å²) in [6.45, 7) is 4.11. The third-order valence-electron chi connectivity index (χ3n) is 2.40. The fraction of sp³-hybridized carbons (Fsp3) is 0.583. The number of carbonyl (C=O) groups is 2. The molecule has 1 saturated heterocycles. The predicted molar refractivity (Wildman–Crippen MR) is 64.4 cm³/mol. The average molecular weight is 255 g/mol. The molecule has 0 bridgehead atoms. The highest BCUT2D eigenvalue weighted by Crippen LogP contribution is 2.21. The molecule has 18 heavy (non-hydrogen) atoms. The summed E-state index contributed by atoms with van der Waals surface area (Å²) in [6, 6.07) is 0. The number of aldehydes is 1. The molecule has 0 radical (unpaired) electrons. The Hall–Kier alpha value is -1.53. The quantitative estimate of drug-likeness (QED) is 0.317. The second kappa shape index (κ2) is 6.42. The standard InChI is InChI=1S/C12H17NO5/c1-12(2)17-7-10(8-18-12)9(6-14)4-13-5-11(15)16-3/h4,6H,5,7-8H2,1-3H3. The first-order valence-electron chi connectivity index (χ1n) is 5.50. The summed E-state index contributed by atoms with van der Waals surface area (Å²) in [7, 11) is 1.28. The zero-order valence-corrected chi connectivity index (χ0v) is 10.8. The van der Waals surface area contributed by atoms with E-state index in [1.165, 1.54) is 13.3 Å². The van der Waals surface area contributed by atoms with Crippen LogP contribution in [0.5, 0.6) is 0 Å². The number of nitrogens with zero attached hydrogens (tertiary/aromatic N) is 1. The minimum atomic E-state index is -0.638. The molecular weight excluding hydrogens is 238 g/mol. The van der Waals surface area contributed by atoms with Crippen LogP contribution in [0.25, 0.3) is 0 Å². The van der Waals surface area contributed by atoms with Crippen molar-refractivity contribution >= 4 is 18.5 Å². The van der Waals surface area contributed by atoms with Crippen molar-refractivity contribution in [1.82, 2.24) is 0 Å². The molecule has 0 saturated carbocycles. The van der Waals surface area contributed by atoms with Crippen molar-refractivity contribution in [3.05, 3.63) is 11.1 Å². The van der Waals surface area contributed by atoms with Gasteiger partial charge in [-0.1, -0.05) is 0 Å². The molecule has 0 spiro atoms. The molecule has 1 aliphatic heterocycles. The number of hydrogen-bond acceptors (Lipinski definition) is 6. The topological polar surface area (TPSA) is 74.2 Å². The monoisotopic (exact) mass is 255 g/mol. The van der Waals surface area contributed by atoms with Gasteiger partial charge in [-0.3, -0.25) is 14.6 Å². The van der Waals surface area contributed by atoms with Gasteiger partial charge >= 0.3 is 5.97 Å². The Labute approximate surface area is 106 Å². The molecule has 0 aromatic carbocycles. The van der Waals surface area contributed by atoms with Gasteiger partial charge in [-0.15, -0.1) is 0 Å². The molecule has 6 nitrogen and oxygen atoms in total. The molecule has 0 unspecified atom stereocenters. The molecule has 1 fully saturated rings. The molecule has 1 aliphatic rings. The molecule has 100 valence electrons. The third-order valence-corrected chi connectivity index (χ3v) is 2.40. The van der Waals surface area contributed by atoms with Crippen molar-refractivity contribution in [2.24, 2.45) is 4.99 Å². The fourth-order valence-electron chi connectivity index (χ4n) is 1.26. The largest absolute Gasteiger partial charge is 0.468 e. The summed E-state index contributed by atoms with van der Waals surface area (Å²) >= 11 is 0. The fourth-order valence-corrected chi connectivity index (χ4v) is 1.26. The molecule has 0 atom stereocenters. The van der Waals surface area contributed by atoms with Crippen LogP contribution in [0.15, 0.2) is 16.1 Å². The minimum Gasteiger partial charge on any atom is -0.468 e. The number of aliphatic imine (C=N–C) groups is 1. The van der Waals surface area contributed by atoms with Crippen molar-refractivity contribution < 1.29 is 23.8 Å². The number of ether oxygens (including phenoxy) is 3. The van der Waals surface area contributed by atoms with Gasteiger partial charge in [0.2, 0.25) is 0 Å². The van der Waals surface area contributed by atoms with Crippen molar-refractivity contribution in [3.8, 4) is 0 Å². The molecular formula is C12H17NO5. The van der Waals surface area contributed by atoms with Gasteiger partial charge in [-0.25, -0.2) is 0 Å². The normalized spacial score (nSPS) is 18.7. The van der Waals surface area contributed by atoms with Crippen molar-refractivity contribution in [1.29, 1.82) is 0 Å². The van der Waals surface area contributed by atoms with Gasteiger partial charge in [0.05, 0.1) is 20.3 Å². The van der Waals surface area contributed by atoms with Crippen LogP contribution in [0, 0.1) is 0 Å². The Balaban J connectivity index is 2.65. The van der Waals surface area contributed by atoms with E-state index < -0.39 is 11.8 Å². The zero-order valence-electron chi connectivity index (χ0n) is 10.8. The first-order chi connectivity index (χ1) is 8.48. The average Bonchev–Trinajstić information content (AvgIpc) is 2.35. The Kier molecular flexibility index (Phi) is 5.18. The van der Waals surface area contributed by atoms with E-state index in [9.17, 15) is 9.59 Å². The smallest absolute Gasteiger partial charge is 0.327 e. The molecule has 0 aliphatic carbocycles. The van der Waals surface area contributed by atoms with E-state index in [-0.39, 0.29) is 6.54 Å². The minimum absolute atomic E-state index is 0.117. The van der Waals surface area contributed by atoms with Crippen LogP contribution in [0.2, 0.25) is 0 Å². The van der Waals surface area contributed by atoms with E-state index in [1.807, 2.05) is 0 Å². The molecule has 0 amide bonds. The van der Waals surface area contributed by atoms with E-state index >= 15 is 0 Å². The van der Waals surface area contributed by atoms with Crippen LogP contribution in [0.4, 0.5) is 0 Å². The van der Waals surface area contributed by atoms with Crippen LogP contribution in [-0.4, -0.2) is 51.1 Å². The van der Waals surface area contributed by atoms with E-state index in [0.717, 1.165) is 0 Å². The molecule has 1 heterocycles. The zero-order chi connectivity index (χ0) is 13.6. The van der Waals surface area contributed by atoms with E-state index in [0.29, 0.717) is 30.6 Å². The highest BCUT2D eigenvalue weighted by Gasteiger charge is 2.26. The van der Waals surface area contributed by atoms with Crippen LogP contribution in [0.3, 0.4) is 0 Å². The summed E-state index contributed by atoms with van der Waals surface area (Å²) in [5.41, 5.74) is 1.08. The number of carbonyl (C=O) groups excluding carboxylic acids is 2. The van der Waals surface area contributed by atoms with Crippen LogP contribution < -0.4 is 0 Å². The van der Waals surface area contributed by atoms with Crippen molar-refractivity contribution in [2.45, 2.75) is 19.6 Å². The lowest BCUT2D eigenvalue weighted by atomic mass is 10.1. The Morgan fingerprint density at radius 2 is 2.06 bits per heavy atom. The third kappa shape index (κ3) is 4.38. The Morgan fingerprint density at radius 3 is 2.56 bits per heavy atom. The SMILES string of the molecule is COC(=O)CN=CC(C=O)=C1COC(C)(C)OC1. The highest BCUT2D eigenvalue weighted by atomic mass is 16.7. The van der Waals surface area contributed by atoms with Gasteiger partial charge in [0.1, 0.15) is 6.54 Å². The van der Waals surface area contributed by atoms with Gasteiger partial charge in [0, 0.05) is 11.8 Å². The van der Waals surface area contributed by atoms with E-state index in [1.54, 1.807) is 13.8 Å². The molecule has 0 aromatic rings. The van der Waals surface area contributed by atoms with Crippen LogP contribution in [-0.2, 0) is 23.8 Å². The van der Waals surface area contributed by atoms with Crippen LogP contribution in [0.1, 0.15) is 13.8 Å². The molecule has 6 heteroatoms. The van der Waals surface area contributed by atoms with Gasteiger partial charge in [-0.05, 0) is 19.4 Å². The molecule has 0 aromatic heterocycles. The second-order valence-corrected chi connectivity index (χ2v) is 4.20. The number of methoxy groups -OCH3 is 1. The lowest BCUT2D eigenvalue weighted by Crippen LogP contribution is -2.36. The summed E-state index contributed by atoms with van der Waals surface area (Å²) in [5, 5.41) is 0. The highest BCUT2D eigenvalue weighted by molar-refractivity contribution is 6.03. The molecule has 1 rings (SSSR count). The summed E-state index contributed by atoms with van der Waals surface area (Å²) < 4.78 is 15.3. The lowest BCUT2D eigenvalue weighted by molar-refractivity contribution is -0.225. The van der Waals surface area contributed by atoms with Gasteiger partial charge in [0.15, 0.2) is 12.1 Å². The van der Waals surface area contributed by atoms with Gasteiger partial charge in [-0.2, -0.15) is 0 Å². The lowest BCUT2D eigenvalue weighted by Gasteiger charge is -2.32. The summed E-state index contributed by atoms with van der Waals surface area (Å²) in [6.07, 6.45) is 2.01. The van der Waals surface area contributed by atoms with Gasteiger partial charge in [0.25, 0.3) is 0 Å². The Morgan fingerprint density at radius 1 is 1.44 bits per heavy atom. The number of hydrogen-bond donors (Lipinski definition) is 0. The Bertz CT molecular complexity index is 372. The predicted octanol–water partition coefficient (Wildman–Crippen LogP) is 0.509. The van der Waals surface area contributed by atoms with Gasteiger partial charge < -0.3 is 14.2 Å². The maximum Gasteiger partial charge on any atom is 0.327 e. The second-order valence-electron chi connectivity index (χ2n) is 4.20. The molecule has 0 N–H and O–H groups in total. The van der Waals surface area contributed by atoms with Crippen LogP contribution >= 0.6 is 0 Å².